The van der Waals surface area contributed by atoms with E-state index >= 15 is 0 Å². The van der Waals surface area contributed by atoms with Gasteiger partial charge in [-0.1, -0.05) is 91.0 Å². The first kappa shape index (κ1) is 16.8. The first-order valence-corrected chi connectivity index (χ1v) is 10.1. The second-order valence-corrected chi connectivity index (χ2v) is 7.70. The fourth-order valence-electron chi connectivity index (χ4n) is 4.67. The number of fused-ring (bicyclic) bond motifs is 3. The molecule has 138 valence electrons. The van der Waals surface area contributed by atoms with Gasteiger partial charge in [-0.15, -0.1) is 0 Å². The molecule has 0 aliphatic heterocycles. The van der Waals surface area contributed by atoms with E-state index in [1.807, 2.05) is 24.3 Å². The molecule has 0 saturated heterocycles. The topological polar surface area (TPSA) is 23.8 Å². The van der Waals surface area contributed by atoms with Crippen molar-refractivity contribution in [2.45, 2.75) is 0 Å². The zero-order chi connectivity index (χ0) is 20.1. The third-order valence-corrected chi connectivity index (χ3v) is 6.07. The predicted octanol–water partition coefficient (Wildman–Crippen LogP) is 7.69. The Labute approximate surface area is 175 Å². The molecule has 1 heteroatoms. The van der Waals surface area contributed by atoms with Gasteiger partial charge in [-0.2, -0.15) is 5.26 Å². The molecule has 0 spiro atoms. The average Bonchev–Trinajstić information content (AvgIpc) is 3.15. The van der Waals surface area contributed by atoms with Crippen LogP contribution in [0.3, 0.4) is 0 Å². The second kappa shape index (κ2) is 6.44. The normalized spacial score (nSPS) is 11.3. The number of rotatable bonds is 2. The fourth-order valence-corrected chi connectivity index (χ4v) is 4.67. The summed E-state index contributed by atoms with van der Waals surface area (Å²) >= 11 is 0. The molecule has 0 fully saturated rings. The molecule has 0 heterocycles. The summed E-state index contributed by atoms with van der Waals surface area (Å²) < 4.78 is 0. The summed E-state index contributed by atoms with van der Waals surface area (Å²) in [7, 11) is 0. The summed E-state index contributed by atoms with van der Waals surface area (Å²) in [4.78, 5) is 0. The first-order valence-electron chi connectivity index (χ1n) is 10.1. The van der Waals surface area contributed by atoms with Gasteiger partial charge < -0.3 is 0 Å². The lowest BCUT2D eigenvalue weighted by molar-refractivity contribution is 1.48. The van der Waals surface area contributed by atoms with E-state index in [1.165, 1.54) is 44.2 Å². The molecule has 0 N–H and O–H groups in total. The zero-order valence-corrected chi connectivity index (χ0v) is 16.3. The number of hydrogen-bond donors (Lipinski definition) is 0. The zero-order valence-electron chi connectivity index (χ0n) is 16.3. The van der Waals surface area contributed by atoms with Crippen LogP contribution < -0.4 is 0 Å². The van der Waals surface area contributed by atoms with E-state index < -0.39 is 0 Å². The maximum atomic E-state index is 9.17. The Hall–Kier alpha value is -4.15. The lowest BCUT2D eigenvalue weighted by Crippen LogP contribution is -1.85. The smallest absolute Gasteiger partial charge is 0.0991 e. The molecular weight excluding hydrogens is 362 g/mol. The molecule has 0 bridgehead atoms. The highest BCUT2D eigenvalue weighted by Crippen LogP contribution is 2.49. The van der Waals surface area contributed by atoms with E-state index in [2.05, 4.69) is 84.9 Å². The summed E-state index contributed by atoms with van der Waals surface area (Å²) in [6.07, 6.45) is 0. The van der Waals surface area contributed by atoms with Gasteiger partial charge in [-0.25, -0.2) is 0 Å². The molecule has 0 saturated carbocycles. The van der Waals surface area contributed by atoms with E-state index in [-0.39, 0.29) is 0 Å². The summed E-state index contributed by atoms with van der Waals surface area (Å²) in [6.45, 7) is 0. The predicted molar refractivity (Wildman–Crippen MR) is 124 cm³/mol. The van der Waals surface area contributed by atoms with Crippen molar-refractivity contribution in [2.24, 2.45) is 0 Å². The monoisotopic (exact) mass is 379 g/mol. The Bertz CT molecular complexity index is 1450. The van der Waals surface area contributed by atoms with Crippen LogP contribution in [0.5, 0.6) is 0 Å². The van der Waals surface area contributed by atoms with Crippen molar-refractivity contribution < 1.29 is 0 Å². The molecule has 1 nitrogen and oxygen atoms in total. The van der Waals surface area contributed by atoms with E-state index in [0.717, 1.165) is 11.1 Å². The summed E-state index contributed by atoms with van der Waals surface area (Å²) in [5.41, 5.74) is 10.6. The molecule has 0 atom stereocenters. The molecule has 0 amide bonds. The molecule has 1 aliphatic rings. The Morgan fingerprint density at radius 3 is 1.87 bits per heavy atom. The van der Waals surface area contributed by atoms with Crippen molar-refractivity contribution in [3.8, 4) is 50.6 Å². The minimum atomic E-state index is 0.684. The molecule has 0 aromatic heterocycles. The minimum absolute atomic E-state index is 0.684. The van der Waals surface area contributed by atoms with Crippen LogP contribution in [0.4, 0.5) is 0 Å². The van der Waals surface area contributed by atoms with Crippen LogP contribution >= 0.6 is 0 Å². The molecule has 30 heavy (non-hydrogen) atoms. The molecule has 5 aromatic rings. The molecular formula is C29H17N. The van der Waals surface area contributed by atoms with Gasteiger partial charge in [0.2, 0.25) is 0 Å². The van der Waals surface area contributed by atoms with Gasteiger partial charge >= 0.3 is 0 Å². The summed E-state index contributed by atoms with van der Waals surface area (Å²) in [6, 6.07) is 38.4. The van der Waals surface area contributed by atoms with Gasteiger partial charge in [-0.3, -0.25) is 0 Å². The highest BCUT2D eigenvalue weighted by molar-refractivity contribution is 6.18. The lowest BCUT2D eigenvalue weighted by Gasteiger charge is -2.11. The van der Waals surface area contributed by atoms with Crippen LogP contribution in [-0.2, 0) is 0 Å². The SMILES string of the molecule is N#Cc1cccc(-c2ccc(-c3ccc4c5c(cccc35)-c3ccccc3-4)cc2)c1. The van der Waals surface area contributed by atoms with Gasteiger partial charge in [0.15, 0.2) is 0 Å². The van der Waals surface area contributed by atoms with Gasteiger partial charge in [0.1, 0.15) is 0 Å². The Morgan fingerprint density at radius 1 is 0.467 bits per heavy atom. The third kappa shape index (κ3) is 2.41. The Morgan fingerprint density at radius 2 is 1.10 bits per heavy atom. The van der Waals surface area contributed by atoms with Crippen LogP contribution in [0.15, 0.2) is 103 Å². The third-order valence-electron chi connectivity index (χ3n) is 6.07. The van der Waals surface area contributed by atoms with E-state index in [9.17, 15) is 0 Å². The highest BCUT2D eigenvalue weighted by Gasteiger charge is 2.21. The van der Waals surface area contributed by atoms with Crippen LogP contribution in [-0.4, -0.2) is 0 Å². The largest absolute Gasteiger partial charge is 0.192 e. The summed E-state index contributed by atoms with van der Waals surface area (Å²) in [5.74, 6) is 0. The van der Waals surface area contributed by atoms with Crippen LogP contribution in [0.25, 0.3) is 55.3 Å². The number of benzene rings is 5. The van der Waals surface area contributed by atoms with Crippen molar-refractivity contribution in [2.75, 3.05) is 0 Å². The van der Waals surface area contributed by atoms with Crippen molar-refractivity contribution in [1.82, 2.24) is 0 Å². The molecule has 1 aliphatic carbocycles. The van der Waals surface area contributed by atoms with E-state index in [4.69, 9.17) is 5.26 Å². The van der Waals surface area contributed by atoms with Crippen LogP contribution in [0, 0.1) is 11.3 Å². The summed E-state index contributed by atoms with van der Waals surface area (Å²) in [5, 5.41) is 11.8. The van der Waals surface area contributed by atoms with Crippen molar-refractivity contribution in [3.63, 3.8) is 0 Å². The van der Waals surface area contributed by atoms with Crippen LogP contribution in [0.2, 0.25) is 0 Å². The lowest BCUT2D eigenvalue weighted by atomic mass is 9.93. The van der Waals surface area contributed by atoms with Crippen LogP contribution in [0.1, 0.15) is 5.56 Å². The van der Waals surface area contributed by atoms with Gasteiger partial charge in [0.25, 0.3) is 0 Å². The Kier molecular flexibility index (Phi) is 3.60. The molecule has 5 aromatic carbocycles. The maximum Gasteiger partial charge on any atom is 0.0991 e. The molecule has 0 unspecified atom stereocenters. The van der Waals surface area contributed by atoms with Crippen molar-refractivity contribution >= 4 is 10.8 Å². The number of hydrogen-bond acceptors (Lipinski definition) is 1. The quantitative estimate of drug-likeness (QED) is 0.302. The molecule has 6 rings (SSSR count). The number of nitriles is 1. The van der Waals surface area contributed by atoms with Gasteiger partial charge in [-0.05, 0) is 67.4 Å². The van der Waals surface area contributed by atoms with Crippen molar-refractivity contribution in [1.29, 1.82) is 5.26 Å². The number of nitrogens with zero attached hydrogens (tertiary/aromatic N) is 1. The van der Waals surface area contributed by atoms with E-state index in [0.29, 0.717) is 5.56 Å². The van der Waals surface area contributed by atoms with E-state index in [1.54, 1.807) is 0 Å². The fraction of sp³-hybridized carbons (Fsp3) is 0. The Balaban J connectivity index is 1.49. The second-order valence-electron chi connectivity index (χ2n) is 7.70. The highest BCUT2D eigenvalue weighted by atomic mass is 14.2. The standard InChI is InChI=1S/C29H17N/c30-18-19-5-3-6-22(17-19)20-11-13-21(14-12-20)23-15-16-28-25-8-2-1-7-24(25)27-10-4-9-26(23)29(27)28/h1-17H. The van der Waals surface area contributed by atoms with Gasteiger partial charge in [0.05, 0.1) is 11.6 Å². The van der Waals surface area contributed by atoms with Crippen molar-refractivity contribution in [3.05, 3.63) is 109 Å². The maximum absolute atomic E-state index is 9.17. The van der Waals surface area contributed by atoms with Gasteiger partial charge in [0, 0.05) is 0 Å². The minimum Gasteiger partial charge on any atom is -0.192 e. The molecule has 0 radical (unpaired) electrons. The average molecular weight is 379 g/mol. The first-order chi connectivity index (χ1) is 14.8.